The zero-order valence-corrected chi connectivity index (χ0v) is 12.0. The topological polar surface area (TPSA) is 21.3 Å². The van der Waals surface area contributed by atoms with Crippen molar-refractivity contribution in [3.63, 3.8) is 0 Å². The van der Waals surface area contributed by atoms with Crippen LogP contribution in [0.15, 0.2) is 0 Å². The maximum Gasteiger partial charge on any atom is 0.0480 e. The molecule has 0 aliphatic carbocycles. The van der Waals surface area contributed by atoms with Gasteiger partial charge >= 0.3 is 0 Å². The van der Waals surface area contributed by atoms with Gasteiger partial charge in [-0.3, -0.25) is 0 Å². The van der Waals surface area contributed by atoms with E-state index in [1.807, 2.05) is 0 Å². The first-order valence-corrected chi connectivity index (χ1v) is 6.31. The Hall–Kier alpha value is 0.210. The normalized spacial score (nSPS) is 18.6. The highest BCUT2D eigenvalue weighted by Crippen LogP contribution is 2.24. The molecule has 0 unspecified atom stereocenters. The Morgan fingerprint density at radius 2 is 1.81 bits per heavy atom. The van der Waals surface area contributed by atoms with Gasteiger partial charge in [-0.15, -0.1) is 12.4 Å². The monoisotopic (exact) mass is 249 g/mol. The van der Waals surface area contributed by atoms with Crippen molar-refractivity contribution in [1.29, 1.82) is 0 Å². The number of ether oxygens (including phenoxy) is 1. The van der Waals surface area contributed by atoms with Crippen LogP contribution in [0.2, 0.25) is 0 Å². The number of nitrogens with one attached hydrogen (secondary N) is 1. The van der Waals surface area contributed by atoms with Crippen LogP contribution in [0.1, 0.15) is 47.0 Å². The Morgan fingerprint density at radius 1 is 1.25 bits per heavy atom. The van der Waals surface area contributed by atoms with Gasteiger partial charge in [0.25, 0.3) is 0 Å². The van der Waals surface area contributed by atoms with Gasteiger partial charge in [-0.1, -0.05) is 27.7 Å². The Kier molecular flexibility index (Phi) is 7.62. The van der Waals surface area contributed by atoms with Crippen LogP contribution in [0, 0.1) is 11.3 Å². The number of halogens is 1. The average molecular weight is 250 g/mol. The van der Waals surface area contributed by atoms with E-state index in [-0.39, 0.29) is 12.4 Å². The zero-order chi connectivity index (χ0) is 11.3. The molecule has 1 heterocycles. The molecule has 1 fully saturated rings. The molecule has 0 atom stereocenters. The minimum atomic E-state index is 0. The highest BCUT2D eigenvalue weighted by Gasteiger charge is 2.21. The molecule has 0 saturated carbocycles. The van der Waals surface area contributed by atoms with E-state index in [2.05, 4.69) is 33.0 Å². The van der Waals surface area contributed by atoms with Crippen molar-refractivity contribution in [2.75, 3.05) is 19.8 Å². The van der Waals surface area contributed by atoms with Gasteiger partial charge in [0, 0.05) is 25.8 Å². The minimum Gasteiger partial charge on any atom is -0.381 e. The Balaban J connectivity index is 0.00000225. The van der Waals surface area contributed by atoms with E-state index in [1.165, 1.54) is 19.3 Å². The second-order valence-electron chi connectivity index (χ2n) is 6.03. The maximum atomic E-state index is 5.36. The summed E-state index contributed by atoms with van der Waals surface area (Å²) >= 11 is 0. The van der Waals surface area contributed by atoms with Crippen LogP contribution in [-0.4, -0.2) is 25.8 Å². The summed E-state index contributed by atoms with van der Waals surface area (Å²) in [6.45, 7) is 12.3. The summed E-state index contributed by atoms with van der Waals surface area (Å²) in [4.78, 5) is 0. The molecular formula is C13H28ClNO. The highest BCUT2D eigenvalue weighted by molar-refractivity contribution is 5.85. The van der Waals surface area contributed by atoms with Gasteiger partial charge in [0.1, 0.15) is 0 Å². The summed E-state index contributed by atoms with van der Waals surface area (Å²) in [5.74, 6) is 0.788. The Bertz CT molecular complexity index is 177. The Morgan fingerprint density at radius 3 is 2.31 bits per heavy atom. The van der Waals surface area contributed by atoms with Crippen LogP contribution in [-0.2, 0) is 4.74 Å². The zero-order valence-electron chi connectivity index (χ0n) is 11.2. The summed E-state index contributed by atoms with van der Waals surface area (Å²) in [5, 5.41) is 3.69. The predicted octanol–water partition coefficient (Wildman–Crippen LogP) is 3.25. The second-order valence-corrected chi connectivity index (χ2v) is 6.03. The van der Waals surface area contributed by atoms with E-state index in [1.54, 1.807) is 0 Å². The number of rotatable bonds is 5. The van der Waals surface area contributed by atoms with Crippen molar-refractivity contribution in [3.8, 4) is 0 Å². The van der Waals surface area contributed by atoms with E-state index >= 15 is 0 Å². The Labute approximate surface area is 107 Å². The van der Waals surface area contributed by atoms with Crippen LogP contribution in [0.5, 0.6) is 0 Å². The highest BCUT2D eigenvalue weighted by atomic mass is 35.5. The van der Waals surface area contributed by atoms with Crippen molar-refractivity contribution in [2.24, 2.45) is 11.3 Å². The molecule has 1 aliphatic heterocycles. The smallest absolute Gasteiger partial charge is 0.0480 e. The van der Waals surface area contributed by atoms with Crippen molar-refractivity contribution < 1.29 is 4.74 Å². The van der Waals surface area contributed by atoms with Crippen molar-refractivity contribution >= 4 is 12.4 Å². The predicted molar refractivity (Wildman–Crippen MR) is 72.3 cm³/mol. The lowest BCUT2D eigenvalue weighted by Crippen LogP contribution is -2.40. The molecule has 0 amide bonds. The fourth-order valence-corrected chi connectivity index (χ4v) is 2.50. The van der Waals surface area contributed by atoms with Gasteiger partial charge in [0.2, 0.25) is 0 Å². The first-order chi connectivity index (χ1) is 6.99. The average Bonchev–Trinajstić information content (AvgIpc) is 2.15. The summed E-state index contributed by atoms with van der Waals surface area (Å²) < 4.78 is 5.36. The van der Waals surface area contributed by atoms with Crippen LogP contribution >= 0.6 is 12.4 Å². The first kappa shape index (κ1) is 16.2. The first-order valence-electron chi connectivity index (χ1n) is 6.31. The largest absolute Gasteiger partial charge is 0.381 e. The van der Waals surface area contributed by atoms with Gasteiger partial charge < -0.3 is 10.1 Å². The number of hydrogen-bond acceptors (Lipinski definition) is 2. The minimum absolute atomic E-state index is 0. The van der Waals surface area contributed by atoms with Crippen LogP contribution < -0.4 is 5.32 Å². The molecule has 16 heavy (non-hydrogen) atoms. The van der Waals surface area contributed by atoms with Crippen molar-refractivity contribution in [2.45, 2.75) is 53.0 Å². The molecular weight excluding hydrogens is 222 g/mol. The molecule has 0 radical (unpaired) electrons. The molecule has 98 valence electrons. The summed E-state index contributed by atoms with van der Waals surface area (Å²) in [6, 6.07) is 0.685. The molecule has 3 heteroatoms. The quantitative estimate of drug-likeness (QED) is 0.808. The van der Waals surface area contributed by atoms with Crippen LogP contribution in [0.4, 0.5) is 0 Å². The summed E-state index contributed by atoms with van der Waals surface area (Å²) in [5.41, 5.74) is 0.423. The maximum absolute atomic E-state index is 5.36. The lowest BCUT2D eigenvalue weighted by molar-refractivity contribution is 0.0743. The second kappa shape index (κ2) is 7.52. The lowest BCUT2D eigenvalue weighted by Gasteiger charge is -2.31. The molecule has 1 rings (SSSR count). The lowest BCUT2D eigenvalue weighted by atomic mass is 9.83. The molecule has 0 aromatic carbocycles. The van der Waals surface area contributed by atoms with Gasteiger partial charge in [-0.05, 0) is 30.6 Å². The number of hydrogen-bond donors (Lipinski definition) is 1. The third kappa shape index (κ3) is 6.72. The van der Waals surface area contributed by atoms with Crippen molar-refractivity contribution in [3.05, 3.63) is 0 Å². The fraction of sp³-hybridized carbons (Fsp3) is 1.00. The molecule has 0 spiro atoms. The third-order valence-electron chi connectivity index (χ3n) is 3.05. The van der Waals surface area contributed by atoms with Gasteiger partial charge in [-0.2, -0.15) is 0 Å². The third-order valence-corrected chi connectivity index (χ3v) is 3.05. The molecule has 1 saturated heterocycles. The molecule has 1 N–H and O–H groups in total. The van der Waals surface area contributed by atoms with E-state index in [9.17, 15) is 0 Å². The fourth-order valence-electron chi connectivity index (χ4n) is 2.50. The van der Waals surface area contributed by atoms with Crippen LogP contribution in [0.25, 0.3) is 0 Å². The van der Waals surface area contributed by atoms with E-state index in [0.717, 1.165) is 25.7 Å². The standard InChI is InChI=1S/C13H27NO.ClH/c1-11(2)9-13(3,4)10-14-12-5-7-15-8-6-12;/h11-12,14H,5-10H2,1-4H3;1H. The van der Waals surface area contributed by atoms with Gasteiger partial charge in [0.05, 0.1) is 0 Å². The van der Waals surface area contributed by atoms with Gasteiger partial charge in [0.15, 0.2) is 0 Å². The van der Waals surface area contributed by atoms with Crippen molar-refractivity contribution in [1.82, 2.24) is 5.32 Å². The molecule has 2 nitrogen and oxygen atoms in total. The SMILES string of the molecule is CC(C)CC(C)(C)CNC1CCOCC1.Cl. The molecule has 0 bridgehead atoms. The van der Waals surface area contributed by atoms with E-state index in [4.69, 9.17) is 4.74 Å². The van der Waals surface area contributed by atoms with Gasteiger partial charge in [-0.25, -0.2) is 0 Å². The molecule has 1 aliphatic rings. The summed E-state index contributed by atoms with van der Waals surface area (Å²) in [6.07, 6.45) is 3.65. The van der Waals surface area contributed by atoms with E-state index in [0.29, 0.717) is 11.5 Å². The van der Waals surface area contributed by atoms with Crippen LogP contribution in [0.3, 0.4) is 0 Å². The molecule has 0 aromatic rings. The summed E-state index contributed by atoms with van der Waals surface area (Å²) in [7, 11) is 0. The molecule has 0 aromatic heterocycles. The van der Waals surface area contributed by atoms with E-state index < -0.39 is 0 Å².